The lowest BCUT2D eigenvalue weighted by Gasteiger charge is -2.20. The first-order valence-corrected chi connectivity index (χ1v) is 15.6. The number of nitrogens with zero attached hydrogens (tertiary/aromatic N) is 1. The highest BCUT2D eigenvalue weighted by Crippen LogP contribution is 2.43. The minimum absolute atomic E-state index is 0.0533. The topological polar surface area (TPSA) is 164 Å². The molecule has 11 nitrogen and oxygen atoms in total. The Balaban J connectivity index is 1.68. The molecule has 1 heterocycles. The van der Waals surface area contributed by atoms with Crippen LogP contribution in [0.25, 0.3) is 0 Å². The standard InChI is InChI=1S/C30H44N6O5S/c1-18(32-7)17-34-28(38)24(35-27(37)22-12-9-8-10-13-22)14-11-15-33-29(31)36-42(39,40)26-20(3)19(2)25-23(21(26)4)16-30(5,6)41-25/h8-10,12-13,18,24,32H,11,14-17H2,1-7H3,(H,34,38)(H,35,37)(H3,31,33,36). The van der Waals surface area contributed by atoms with Crippen molar-refractivity contribution in [1.82, 2.24) is 20.7 Å². The van der Waals surface area contributed by atoms with Crippen LogP contribution in [-0.4, -0.2) is 64.0 Å². The minimum atomic E-state index is -4.02. The molecule has 0 fully saturated rings. The van der Waals surface area contributed by atoms with Crippen molar-refractivity contribution in [2.24, 2.45) is 10.7 Å². The van der Waals surface area contributed by atoms with E-state index in [0.717, 1.165) is 16.9 Å². The Morgan fingerprint density at radius 3 is 2.40 bits per heavy atom. The fourth-order valence-electron chi connectivity index (χ4n) is 4.94. The number of benzene rings is 2. The summed E-state index contributed by atoms with van der Waals surface area (Å²) in [4.78, 5) is 30.0. The van der Waals surface area contributed by atoms with Crippen LogP contribution >= 0.6 is 0 Å². The van der Waals surface area contributed by atoms with Gasteiger partial charge in [0.25, 0.3) is 15.9 Å². The molecule has 0 bridgehead atoms. The van der Waals surface area contributed by atoms with Gasteiger partial charge in [-0.15, -0.1) is 0 Å². The molecule has 3 rings (SSSR count). The smallest absolute Gasteiger partial charge is 0.264 e. The van der Waals surface area contributed by atoms with Crippen molar-refractivity contribution < 1.29 is 22.7 Å². The lowest BCUT2D eigenvalue weighted by Crippen LogP contribution is -2.49. The first-order chi connectivity index (χ1) is 19.7. The summed E-state index contributed by atoms with van der Waals surface area (Å²) in [5.41, 5.74) is 8.92. The van der Waals surface area contributed by atoms with E-state index in [1.165, 1.54) is 0 Å². The number of carbonyl (C=O) groups excluding carboxylic acids is 2. The third-order valence-corrected chi connectivity index (χ3v) is 9.09. The number of likely N-dealkylation sites (N-methyl/N-ethyl adjacent to an activating group) is 1. The van der Waals surface area contributed by atoms with Gasteiger partial charge in [0.2, 0.25) is 11.9 Å². The molecule has 2 unspecified atom stereocenters. The Morgan fingerprint density at radius 2 is 1.76 bits per heavy atom. The maximum absolute atomic E-state index is 13.4. The summed E-state index contributed by atoms with van der Waals surface area (Å²) in [7, 11) is -2.23. The average Bonchev–Trinajstić information content (AvgIpc) is 3.27. The molecule has 230 valence electrons. The molecule has 1 aliphatic heterocycles. The van der Waals surface area contributed by atoms with Gasteiger partial charge < -0.3 is 26.4 Å². The molecule has 2 aromatic carbocycles. The lowest BCUT2D eigenvalue weighted by atomic mass is 9.94. The Hall–Kier alpha value is -3.64. The SMILES string of the molecule is CNC(C)CNC(=O)C(CCCN=C(N)NS(=O)(=O)c1c(C)c(C)c2c(c1C)CC(C)(C)O2)NC(=O)c1ccccc1. The zero-order valence-electron chi connectivity index (χ0n) is 25.6. The number of hydrogen-bond acceptors (Lipinski definition) is 7. The Kier molecular flexibility index (Phi) is 10.6. The molecular formula is C30H44N6O5S. The quantitative estimate of drug-likeness (QED) is 0.142. The van der Waals surface area contributed by atoms with Crippen molar-refractivity contribution in [3.05, 3.63) is 58.1 Å². The second-order valence-electron chi connectivity index (χ2n) is 11.4. The predicted octanol–water partition coefficient (Wildman–Crippen LogP) is 2.22. The zero-order chi connectivity index (χ0) is 31.2. The molecule has 6 N–H and O–H groups in total. The van der Waals surface area contributed by atoms with Crippen LogP contribution in [0.2, 0.25) is 0 Å². The third-order valence-electron chi connectivity index (χ3n) is 7.47. The molecular weight excluding hydrogens is 556 g/mol. The van der Waals surface area contributed by atoms with Crippen LogP contribution in [0.3, 0.4) is 0 Å². The van der Waals surface area contributed by atoms with E-state index in [0.29, 0.717) is 36.1 Å². The van der Waals surface area contributed by atoms with Crippen molar-refractivity contribution in [3.8, 4) is 5.75 Å². The Bertz CT molecular complexity index is 1440. The summed E-state index contributed by atoms with van der Waals surface area (Å²) < 4.78 is 35.3. The molecule has 0 saturated carbocycles. The first-order valence-electron chi connectivity index (χ1n) is 14.1. The fourth-order valence-corrected chi connectivity index (χ4v) is 6.47. The molecule has 0 spiro atoms. The van der Waals surface area contributed by atoms with Crippen molar-refractivity contribution >= 4 is 27.8 Å². The van der Waals surface area contributed by atoms with Crippen LogP contribution in [0.1, 0.15) is 66.2 Å². The molecule has 12 heteroatoms. The number of nitrogens with two attached hydrogens (primary N) is 1. The number of amides is 2. The summed E-state index contributed by atoms with van der Waals surface area (Å²) in [6, 6.07) is 7.89. The van der Waals surface area contributed by atoms with Crippen LogP contribution in [0.15, 0.2) is 40.2 Å². The van der Waals surface area contributed by atoms with Crippen LogP contribution in [0, 0.1) is 20.8 Å². The maximum atomic E-state index is 13.4. The Labute approximate surface area is 249 Å². The number of aliphatic imine (C=N–C) groups is 1. The van der Waals surface area contributed by atoms with Crippen LogP contribution in [0.4, 0.5) is 0 Å². The summed E-state index contributed by atoms with van der Waals surface area (Å²) in [6.45, 7) is 11.8. The Morgan fingerprint density at radius 1 is 1.10 bits per heavy atom. The van der Waals surface area contributed by atoms with Gasteiger partial charge in [0.1, 0.15) is 17.4 Å². The monoisotopic (exact) mass is 600 g/mol. The number of sulfonamides is 1. The second kappa shape index (κ2) is 13.6. The van der Waals surface area contributed by atoms with Gasteiger partial charge in [-0.3, -0.25) is 14.6 Å². The molecule has 0 aromatic heterocycles. The van der Waals surface area contributed by atoms with Gasteiger partial charge in [-0.1, -0.05) is 18.2 Å². The molecule has 0 saturated heterocycles. The van der Waals surface area contributed by atoms with E-state index in [4.69, 9.17) is 10.5 Å². The van der Waals surface area contributed by atoms with Gasteiger partial charge in [0.15, 0.2) is 0 Å². The molecule has 2 atom stereocenters. The van der Waals surface area contributed by atoms with Crippen LogP contribution in [0.5, 0.6) is 5.75 Å². The minimum Gasteiger partial charge on any atom is -0.487 e. The van der Waals surface area contributed by atoms with Crippen molar-refractivity contribution in [3.63, 3.8) is 0 Å². The van der Waals surface area contributed by atoms with Crippen LogP contribution in [-0.2, 0) is 21.2 Å². The zero-order valence-corrected chi connectivity index (χ0v) is 26.4. The number of hydrogen-bond donors (Lipinski definition) is 5. The lowest BCUT2D eigenvalue weighted by molar-refractivity contribution is -0.123. The van der Waals surface area contributed by atoms with Gasteiger partial charge in [-0.05, 0) is 90.3 Å². The number of guanidine groups is 1. The number of fused-ring (bicyclic) bond motifs is 1. The highest BCUT2D eigenvalue weighted by Gasteiger charge is 2.36. The third kappa shape index (κ3) is 8.01. The fraction of sp³-hybridized carbons (Fsp3) is 0.500. The molecule has 0 radical (unpaired) electrons. The summed E-state index contributed by atoms with van der Waals surface area (Å²) >= 11 is 0. The van der Waals surface area contributed by atoms with Crippen molar-refractivity contribution in [1.29, 1.82) is 0 Å². The number of rotatable bonds is 12. The van der Waals surface area contributed by atoms with E-state index < -0.39 is 21.7 Å². The largest absolute Gasteiger partial charge is 0.487 e. The van der Waals surface area contributed by atoms with Crippen LogP contribution < -0.4 is 31.1 Å². The van der Waals surface area contributed by atoms with Gasteiger partial charge in [0, 0.05) is 36.7 Å². The van der Waals surface area contributed by atoms with Gasteiger partial charge in [-0.2, -0.15) is 0 Å². The number of ether oxygens (including phenoxy) is 1. The summed E-state index contributed by atoms with van der Waals surface area (Å²) in [5.74, 6) is -0.184. The first kappa shape index (κ1) is 32.9. The molecule has 1 aliphatic rings. The molecule has 2 aromatic rings. The number of carbonyl (C=O) groups is 2. The molecule has 2 amide bonds. The second-order valence-corrected chi connectivity index (χ2v) is 13.0. The van der Waals surface area contributed by atoms with E-state index in [1.807, 2.05) is 27.7 Å². The van der Waals surface area contributed by atoms with Crippen molar-refractivity contribution in [2.45, 2.75) is 83.4 Å². The van der Waals surface area contributed by atoms with E-state index in [-0.39, 0.29) is 41.7 Å². The number of nitrogens with one attached hydrogen (secondary N) is 4. The van der Waals surface area contributed by atoms with E-state index >= 15 is 0 Å². The predicted molar refractivity (Wildman–Crippen MR) is 164 cm³/mol. The van der Waals surface area contributed by atoms with E-state index in [1.54, 1.807) is 51.2 Å². The molecule has 0 aliphatic carbocycles. The van der Waals surface area contributed by atoms with Crippen molar-refractivity contribution in [2.75, 3.05) is 20.1 Å². The summed E-state index contributed by atoms with van der Waals surface area (Å²) in [6.07, 6.45) is 1.25. The highest BCUT2D eigenvalue weighted by molar-refractivity contribution is 7.90. The average molecular weight is 601 g/mol. The van der Waals surface area contributed by atoms with E-state index in [2.05, 4.69) is 25.7 Å². The van der Waals surface area contributed by atoms with E-state index in [9.17, 15) is 18.0 Å². The van der Waals surface area contributed by atoms with Gasteiger partial charge >= 0.3 is 0 Å². The van der Waals surface area contributed by atoms with Gasteiger partial charge in [-0.25, -0.2) is 13.1 Å². The maximum Gasteiger partial charge on any atom is 0.264 e. The highest BCUT2D eigenvalue weighted by atomic mass is 32.2. The summed E-state index contributed by atoms with van der Waals surface area (Å²) in [5, 5.41) is 8.69. The van der Waals surface area contributed by atoms with Gasteiger partial charge in [0.05, 0.1) is 4.90 Å². The molecule has 42 heavy (non-hydrogen) atoms. The normalized spacial score (nSPS) is 15.7.